The molecule has 0 saturated carbocycles. The van der Waals surface area contributed by atoms with Crippen LogP contribution in [0.15, 0.2) is 36.9 Å². The van der Waals surface area contributed by atoms with E-state index in [2.05, 4.69) is 15.3 Å². The van der Waals surface area contributed by atoms with E-state index in [1.165, 1.54) is 0 Å². The van der Waals surface area contributed by atoms with Gasteiger partial charge in [-0.3, -0.25) is 10.1 Å². The Balaban J connectivity index is 2.06. The topological polar surface area (TPSA) is 62.7 Å². The van der Waals surface area contributed by atoms with E-state index in [9.17, 15) is 4.79 Å². The molecule has 2 aromatic rings. The summed E-state index contributed by atoms with van der Waals surface area (Å²) in [7, 11) is 0. The Morgan fingerprint density at radius 3 is 2.94 bits per heavy atom. The predicted molar refractivity (Wildman–Crippen MR) is 73.7 cm³/mol. The summed E-state index contributed by atoms with van der Waals surface area (Å²) < 4.78 is 1.93. The van der Waals surface area contributed by atoms with Crippen LogP contribution in [0, 0.1) is 0 Å². The molecule has 0 unspecified atom stereocenters. The highest BCUT2D eigenvalue weighted by molar-refractivity contribution is 7.98. The third-order valence-corrected chi connectivity index (χ3v) is 3.27. The zero-order chi connectivity index (χ0) is 12.8. The van der Waals surface area contributed by atoms with Gasteiger partial charge in [0.15, 0.2) is 0 Å². The predicted octanol–water partition coefficient (Wildman–Crippen LogP) is 2.14. The zero-order valence-corrected chi connectivity index (χ0v) is 11.0. The Kier molecular flexibility index (Phi) is 4.46. The molecule has 1 amide bonds. The number of aromatic amines is 1. The van der Waals surface area contributed by atoms with Crippen molar-refractivity contribution in [2.75, 3.05) is 17.3 Å². The molecule has 0 aliphatic heterocycles. The minimum Gasteiger partial charge on any atom is -0.342 e. The van der Waals surface area contributed by atoms with Crippen molar-refractivity contribution in [2.45, 2.75) is 12.5 Å². The fourth-order valence-corrected chi connectivity index (χ4v) is 2.19. The van der Waals surface area contributed by atoms with Crippen LogP contribution in [0.25, 0.3) is 0 Å². The minimum absolute atomic E-state index is 0.0461. The number of thioether (sulfide) groups is 1. The van der Waals surface area contributed by atoms with Crippen molar-refractivity contribution in [3.63, 3.8) is 0 Å². The van der Waals surface area contributed by atoms with E-state index in [1.807, 2.05) is 35.3 Å². The summed E-state index contributed by atoms with van der Waals surface area (Å²) in [5.41, 5.74) is 0. The number of hydrogen-bond acceptors (Lipinski definition) is 3. The molecule has 0 aromatic carbocycles. The molecular weight excluding hydrogens is 248 g/mol. The van der Waals surface area contributed by atoms with Crippen molar-refractivity contribution in [1.82, 2.24) is 14.5 Å². The van der Waals surface area contributed by atoms with Crippen LogP contribution >= 0.6 is 11.8 Å². The second-order valence-electron chi connectivity index (χ2n) is 3.85. The van der Waals surface area contributed by atoms with Crippen molar-refractivity contribution in [2.24, 2.45) is 0 Å². The average molecular weight is 264 g/mol. The molecule has 0 aliphatic rings. The Hall–Kier alpha value is -1.69. The van der Waals surface area contributed by atoms with E-state index >= 15 is 0 Å². The third-order valence-electron chi connectivity index (χ3n) is 2.63. The number of anilines is 1. The van der Waals surface area contributed by atoms with E-state index < -0.39 is 0 Å². The smallest absolute Gasteiger partial charge is 0.249 e. The van der Waals surface area contributed by atoms with Gasteiger partial charge in [0.1, 0.15) is 6.04 Å². The first-order chi connectivity index (χ1) is 8.81. The first kappa shape index (κ1) is 12.8. The summed E-state index contributed by atoms with van der Waals surface area (Å²) >= 11 is 1.74. The monoisotopic (exact) mass is 264 g/mol. The standard InChI is InChI=1S/C12H16N4OS/c1-18-9-4-10(16-7-2-3-8-16)11(17)15-12-13-5-6-14-12/h2-3,5-8,10H,4,9H2,1H3,(H2,13,14,15,17)/t10-/m1/s1. The van der Waals surface area contributed by atoms with Gasteiger partial charge in [-0.1, -0.05) is 0 Å². The number of rotatable bonds is 6. The molecule has 0 aliphatic carbocycles. The second-order valence-corrected chi connectivity index (χ2v) is 4.84. The van der Waals surface area contributed by atoms with Crippen LogP contribution in [0.1, 0.15) is 12.5 Å². The van der Waals surface area contributed by atoms with Gasteiger partial charge in [-0.2, -0.15) is 11.8 Å². The Morgan fingerprint density at radius 1 is 1.56 bits per heavy atom. The number of nitrogens with one attached hydrogen (secondary N) is 2. The molecule has 2 aromatic heterocycles. The fraction of sp³-hybridized carbons (Fsp3) is 0.333. The second kappa shape index (κ2) is 6.30. The number of hydrogen-bond donors (Lipinski definition) is 2. The molecule has 2 heterocycles. The largest absolute Gasteiger partial charge is 0.342 e. The van der Waals surface area contributed by atoms with E-state index in [-0.39, 0.29) is 11.9 Å². The van der Waals surface area contributed by atoms with Crippen LogP contribution in [-0.4, -0.2) is 32.5 Å². The molecule has 2 N–H and O–H groups in total. The number of imidazole rings is 1. The number of carbonyl (C=O) groups is 1. The number of carbonyl (C=O) groups excluding carboxylic acids is 1. The van der Waals surface area contributed by atoms with Crippen LogP contribution in [0.3, 0.4) is 0 Å². The average Bonchev–Trinajstić information content (AvgIpc) is 3.02. The maximum absolute atomic E-state index is 12.2. The minimum atomic E-state index is -0.197. The lowest BCUT2D eigenvalue weighted by atomic mass is 10.2. The highest BCUT2D eigenvalue weighted by Gasteiger charge is 2.19. The number of aromatic nitrogens is 3. The van der Waals surface area contributed by atoms with E-state index in [4.69, 9.17) is 0 Å². The van der Waals surface area contributed by atoms with Crippen molar-refractivity contribution in [1.29, 1.82) is 0 Å². The Labute approximate surface area is 110 Å². The molecule has 5 nitrogen and oxygen atoms in total. The summed E-state index contributed by atoms with van der Waals surface area (Å²) in [6.07, 6.45) is 9.95. The third kappa shape index (κ3) is 3.16. The highest BCUT2D eigenvalue weighted by atomic mass is 32.2. The summed E-state index contributed by atoms with van der Waals surface area (Å²) in [4.78, 5) is 19.1. The van der Waals surface area contributed by atoms with Gasteiger partial charge in [0.25, 0.3) is 0 Å². The van der Waals surface area contributed by atoms with Crippen molar-refractivity contribution >= 4 is 23.6 Å². The zero-order valence-electron chi connectivity index (χ0n) is 10.2. The van der Waals surface area contributed by atoms with Gasteiger partial charge in [0.05, 0.1) is 0 Å². The molecule has 18 heavy (non-hydrogen) atoms. The van der Waals surface area contributed by atoms with Crippen LogP contribution in [0.2, 0.25) is 0 Å². The van der Waals surface area contributed by atoms with E-state index in [0.717, 1.165) is 12.2 Å². The van der Waals surface area contributed by atoms with Crippen LogP contribution < -0.4 is 5.32 Å². The lowest BCUT2D eigenvalue weighted by Gasteiger charge is -2.17. The van der Waals surface area contributed by atoms with Crippen LogP contribution in [0.5, 0.6) is 0 Å². The van der Waals surface area contributed by atoms with Crippen molar-refractivity contribution < 1.29 is 4.79 Å². The summed E-state index contributed by atoms with van der Waals surface area (Å²) in [5.74, 6) is 1.38. The first-order valence-electron chi connectivity index (χ1n) is 5.73. The number of nitrogens with zero attached hydrogens (tertiary/aromatic N) is 2. The van der Waals surface area contributed by atoms with Gasteiger partial charge in [-0.15, -0.1) is 0 Å². The summed E-state index contributed by atoms with van der Waals surface area (Å²) in [6.45, 7) is 0. The van der Waals surface area contributed by atoms with Crippen LogP contribution in [-0.2, 0) is 4.79 Å². The molecule has 0 bridgehead atoms. The molecular formula is C12H16N4OS. The van der Waals surface area contributed by atoms with Crippen LogP contribution in [0.4, 0.5) is 5.95 Å². The molecule has 2 rings (SSSR count). The SMILES string of the molecule is CSCC[C@H](C(=O)Nc1ncc[nH]1)n1cccc1. The van der Waals surface area contributed by atoms with E-state index in [1.54, 1.807) is 24.2 Å². The molecule has 96 valence electrons. The molecule has 0 fully saturated rings. The van der Waals surface area contributed by atoms with Gasteiger partial charge in [0, 0.05) is 24.8 Å². The molecule has 0 saturated heterocycles. The number of amides is 1. The number of H-pyrrole nitrogens is 1. The molecule has 6 heteroatoms. The van der Waals surface area contributed by atoms with Crippen molar-refractivity contribution in [3.8, 4) is 0 Å². The highest BCUT2D eigenvalue weighted by Crippen LogP contribution is 2.16. The first-order valence-corrected chi connectivity index (χ1v) is 7.12. The molecule has 0 radical (unpaired) electrons. The molecule has 0 spiro atoms. The van der Waals surface area contributed by atoms with Gasteiger partial charge in [-0.25, -0.2) is 4.98 Å². The summed E-state index contributed by atoms with van der Waals surface area (Å²) in [5, 5.41) is 2.78. The van der Waals surface area contributed by atoms with Crippen molar-refractivity contribution in [3.05, 3.63) is 36.9 Å². The Morgan fingerprint density at radius 2 is 2.33 bits per heavy atom. The quantitative estimate of drug-likeness (QED) is 0.840. The lowest BCUT2D eigenvalue weighted by molar-refractivity contribution is -0.119. The Bertz CT molecular complexity index is 466. The van der Waals surface area contributed by atoms with Gasteiger partial charge in [-0.05, 0) is 30.6 Å². The van der Waals surface area contributed by atoms with Gasteiger partial charge in [0.2, 0.25) is 11.9 Å². The van der Waals surface area contributed by atoms with E-state index in [0.29, 0.717) is 5.95 Å². The van der Waals surface area contributed by atoms with Gasteiger partial charge < -0.3 is 9.55 Å². The normalized spacial score (nSPS) is 12.3. The summed E-state index contributed by atoms with van der Waals surface area (Å²) in [6, 6.07) is 3.65. The maximum atomic E-state index is 12.2. The fourth-order valence-electron chi connectivity index (χ4n) is 1.73. The molecule has 1 atom stereocenters. The maximum Gasteiger partial charge on any atom is 0.249 e. The van der Waals surface area contributed by atoms with Gasteiger partial charge >= 0.3 is 0 Å². The lowest BCUT2D eigenvalue weighted by Crippen LogP contribution is -2.26.